The summed E-state index contributed by atoms with van der Waals surface area (Å²) in [6.07, 6.45) is 0. The summed E-state index contributed by atoms with van der Waals surface area (Å²) < 4.78 is 0. The van der Waals surface area contributed by atoms with E-state index in [0.717, 1.165) is 0 Å². The summed E-state index contributed by atoms with van der Waals surface area (Å²) in [4.78, 5) is 10.1. The Morgan fingerprint density at radius 2 is 2.56 bits per heavy atom. The summed E-state index contributed by atoms with van der Waals surface area (Å²) in [5, 5.41) is 8.08. The van der Waals surface area contributed by atoms with Crippen LogP contribution in [0.25, 0.3) is 0 Å². The van der Waals surface area contributed by atoms with Gasteiger partial charge in [-0.05, 0) is 6.92 Å². The van der Waals surface area contributed by atoms with E-state index in [1.807, 2.05) is 6.07 Å². The molecule has 0 aliphatic carbocycles. The largest absolute Gasteiger partial charge is 0.369 e. The molecule has 0 saturated carbocycles. The van der Waals surface area contributed by atoms with Crippen molar-refractivity contribution in [3.8, 4) is 6.07 Å². The van der Waals surface area contributed by atoms with E-state index in [-0.39, 0.29) is 16.9 Å². The highest BCUT2D eigenvalue weighted by molar-refractivity contribution is 8.00. The average molecular weight is 144 g/mol. The van der Waals surface area contributed by atoms with Gasteiger partial charge in [0, 0.05) is 0 Å². The van der Waals surface area contributed by atoms with Crippen LogP contribution in [-0.2, 0) is 4.79 Å². The molecule has 0 radical (unpaired) electrons. The summed E-state index contributed by atoms with van der Waals surface area (Å²) in [5.74, 6) is -0.142. The molecule has 0 heterocycles. The number of nitrogens with zero attached hydrogens (tertiary/aromatic N) is 1. The molecular formula is C5H8N2OS. The van der Waals surface area contributed by atoms with Crippen molar-refractivity contribution >= 4 is 17.7 Å². The first-order chi connectivity index (χ1) is 4.16. The second-order valence-corrected chi connectivity index (χ2v) is 2.88. The number of carbonyl (C=O) groups excluding carboxylic acids is 1. The van der Waals surface area contributed by atoms with Crippen LogP contribution >= 0.6 is 11.8 Å². The van der Waals surface area contributed by atoms with E-state index in [2.05, 4.69) is 0 Å². The van der Waals surface area contributed by atoms with Gasteiger partial charge in [-0.25, -0.2) is 0 Å². The Balaban J connectivity index is 3.30. The van der Waals surface area contributed by atoms with Crippen molar-refractivity contribution < 1.29 is 4.79 Å². The van der Waals surface area contributed by atoms with Crippen LogP contribution in [0, 0.1) is 11.3 Å². The number of hydrogen-bond acceptors (Lipinski definition) is 3. The van der Waals surface area contributed by atoms with Crippen LogP contribution in [0.3, 0.4) is 0 Å². The van der Waals surface area contributed by atoms with Gasteiger partial charge in [0.25, 0.3) is 0 Å². The number of thioether (sulfide) groups is 1. The zero-order valence-corrected chi connectivity index (χ0v) is 5.94. The third-order valence-corrected chi connectivity index (χ3v) is 1.71. The number of hydrogen-bond donors (Lipinski definition) is 1. The predicted molar refractivity (Wildman–Crippen MR) is 36.7 cm³/mol. The topological polar surface area (TPSA) is 66.9 Å². The first-order valence-corrected chi connectivity index (χ1v) is 3.51. The maximum absolute atomic E-state index is 10.1. The lowest BCUT2D eigenvalue weighted by atomic mass is 10.5. The summed E-state index contributed by atoms with van der Waals surface area (Å²) in [6, 6.07) is 1.98. The van der Waals surface area contributed by atoms with Crippen LogP contribution in [-0.4, -0.2) is 16.9 Å². The van der Waals surface area contributed by atoms with Crippen molar-refractivity contribution in [2.45, 2.75) is 12.2 Å². The lowest BCUT2D eigenvalue weighted by Crippen LogP contribution is -2.14. The van der Waals surface area contributed by atoms with Crippen LogP contribution in [0.1, 0.15) is 6.92 Å². The molecule has 3 nitrogen and oxygen atoms in total. The normalized spacial score (nSPS) is 12.0. The van der Waals surface area contributed by atoms with Crippen molar-refractivity contribution in [3.05, 3.63) is 0 Å². The van der Waals surface area contributed by atoms with E-state index < -0.39 is 0 Å². The van der Waals surface area contributed by atoms with E-state index in [0.29, 0.717) is 0 Å². The first kappa shape index (κ1) is 8.31. The maximum atomic E-state index is 10.1. The Bertz CT molecular complexity index is 140. The Morgan fingerprint density at radius 1 is 2.00 bits per heavy atom. The van der Waals surface area contributed by atoms with Gasteiger partial charge in [0.05, 0.1) is 17.1 Å². The number of primary amides is 1. The highest BCUT2D eigenvalue weighted by Crippen LogP contribution is 2.06. The molecule has 0 rings (SSSR count). The van der Waals surface area contributed by atoms with Gasteiger partial charge >= 0.3 is 0 Å². The minimum atomic E-state index is -0.373. The quantitative estimate of drug-likeness (QED) is 0.611. The fraction of sp³-hybridized carbons (Fsp3) is 0.600. The molecule has 0 spiro atoms. The van der Waals surface area contributed by atoms with Gasteiger partial charge in [-0.15, -0.1) is 11.8 Å². The molecule has 0 aliphatic rings. The molecule has 0 saturated heterocycles. The molecule has 0 aromatic rings. The average Bonchev–Trinajstić information content (AvgIpc) is 1.83. The van der Waals surface area contributed by atoms with Crippen molar-refractivity contribution in [1.29, 1.82) is 5.26 Å². The van der Waals surface area contributed by atoms with E-state index in [4.69, 9.17) is 11.0 Å². The van der Waals surface area contributed by atoms with E-state index in [1.165, 1.54) is 11.8 Å². The smallest absolute Gasteiger partial charge is 0.227 e. The molecule has 50 valence electrons. The molecule has 0 aromatic carbocycles. The number of carbonyl (C=O) groups is 1. The summed E-state index contributed by atoms with van der Waals surface area (Å²) in [7, 11) is 0. The van der Waals surface area contributed by atoms with Crippen LogP contribution in [0.5, 0.6) is 0 Å². The van der Waals surface area contributed by atoms with Crippen molar-refractivity contribution in [2.24, 2.45) is 5.73 Å². The van der Waals surface area contributed by atoms with Gasteiger partial charge in [0.15, 0.2) is 0 Å². The van der Waals surface area contributed by atoms with E-state index >= 15 is 0 Å². The van der Waals surface area contributed by atoms with Crippen LogP contribution in [0.4, 0.5) is 0 Å². The van der Waals surface area contributed by atoms with E-state index in [1.54, 1.807) is 6.92 Å². The summed E-state index contributed by atoms with van der Waals surface area (Å²) in [6.45, 7) is 1.73. The molecule has 0 bridgehead atoms. The fourth-order valence-electron chi connectivity index (χ4n) is 0.244. The molecule has 0 aromatic heterocycles. The van der Waals surface area contributed by atoms with Gasteiger partial charge in [0.2, 0.25) is 5.91 Å². The summed E-state index contributed by atoms with van der Waals surface area (Å²) >= 11 is 1.25. The van der Waals surface area contributed by atoms with Gasteiger partial charge < -0.3 is 5.73 Å². The van der Waals surface area contributed by atoms with Crippen LogP contribution in [0.2, 0.25) is 0 Å². The Kier molecular flexibility index (Phi) is 3.89. The van der Waals surface area contributed by atoms with Gasteiger partial charge in [-0.1, -0.05) is 0 Å². The number of nitriles is 1. The molecule has 1 atom stereocenters. The van der Waals surface area contributed by atoms with E-state index in [9.17, 15) is 4.79 Å². The van der Waals surface area contributed by atoms with Crippen molar-refractivity contribution in [1.82, 2.24) is 0 Å². The standard InChI is InChI=1S/C5H8N2OS/c1-4(2-6)9-3-5(7)8/h4H,3H2,1H3,(H2,7,8). The van der Waals surface area contributed by atoms with Crippen molar-refractivity contribution in [2.75, 3.05) is 5.75 Å². The highest BCUT2D eigenvalue weighted by Gasteiger charge is 2.00. The Morgan fingerprint density at radius 3 is 2.89 bits per heavy atom. The highest BCUT2D eigenvalue weighted by atomic mass is 32.2. The molecule has 9 heavy (non-hydrogen) atoms. The molecule has 2 N–H and O–H groups in total. The number of nitrogens with two attached hydrogens (primary N) is 1. The van der Waals surface area contributed by atoms with Gasteiger partial charge in [0.1, 0.15) is 0 Å². The molecule has 4 heteroatoms. The second-order valence-electron chi connectivity index (χ2n) is 1.55. The minimum absolute atomic E-state index is 0.141. The maximum Gasteiger partial charge on any atom is 0.227 e. The molecule has 0 fully saturated rings. The summed E-state index contributed by atoms with van der Waals surface area (Å²) in [5.41, 5.74) is 4.83. The first-order valence-electron chi connectivity index (χ1n) is 2.46. The molecule has 1 unspecified atom stereocenters. The lowest BCUT2D eigenvalue weighted by molar-refractivity contribution is -0.115. The van der Waals surface area contributed by atoms with Crippen LogP contribution < -0.4 is 5.73 Å². The zero-order valence-electron chi connectivity index (χ0n) is 5.13. The number of amides is 1. The van der Waals surface area contributed by atoms with Gasteiger partial charge in [-0.3, -0.25) is 4.79 Å². The predicted octanol–water partition coefficient (Wildman–Crippen LogP) is 0.117. The second kappa shape index (κ2) is 4.21. The van der Waals surface area contributed by atoms with Crippen molar-refractivity contribution in [3.63, 3.8) is 0 Å². The fourth-order valence-corrected chi connectivity index (χ4v) is 0.733. The lowest BCUT2D eigenvalue weighted by Gasteiger charge is -1.96. The van der Waals surface area contributed by atoms with Crippen LogP contribution in [0.15, 0.2) is 0 Å². The monoisotopic (exact) mass is 144 g/mol. The third kappa shape index (κ3) is 5.18. The Hall–Kier alpha value is -0.690. The SMILES string of the molecule is CC(C#N)SCC(N)=O. The zero-order chi connectivity index (χ0) is 7.28. The third-order valence-electron chi connectivity index (χ3n) is 0.657. The Labute approximate surface area is 58.2 Å². The minimum Gasteiger partial charge on any atom is -0.369 e. The molecule has 1 amide bonds. The molecular weight excluding hydrogens is 136 g/mol. The van der Waals surface area contributed by atoms with Gasteiger partial charge in [-0.2, -0.15) is 5.26 Å². The number of rotatable bonds is 3. The molecule has 0 aliphatic heterocycles.